The molecule has 1 aromatic carbocycles. The molecule has 1 atom stereocenters. The maximum Gasteiger partial charge on any atom is 0.225 e. The molecule has 0 spiro atoms. The van der Waals surface area contributed by atoms with Gasteiger partial charge in [0.2, 0.25) is 5.91 Å². The summed E-state index contributed by atoms with van der Waals surface area (Å²) in [5.74, 6) is 3.19. The molecule has 2 heterocycles. The molecule has 0 N–H and O–H groups in total. The lowest BCUT2D eigenvalue weighted by molar-refractivity contribution is -0.139. The summed E-state index contributed by atoms with van der Waals surface area (Å²) in [6.07, 6.45) is 7.23. The van der Waals surface area contributed by atoms with Crippen molar-refractivity contribution in [1.29, 1.82) is 0 Å². The molecule has 4 nitrogen and oxygen atoms in total. The second-order valence-corrected chi connectivity index (χ2v) is 7.72. The van der Waals surface area contributed by atoms with E-state index in [9.17, 15) is 4.79 Å². The van der Waals surface area contributed by atoms with Gasteiger partial charge in [0.15, 0.2) is 0 Å². The minimum Gasteiger partial charge on any atom is -0.340 e. The van der Waals surface area contributed by atoms with Crippen molar-refractivity contribution in [2.75, 3.05) is 45.8 Å². The van der Waals surface area contributed by atoms with Crippen molar-refractivity contribution in [1.82, 2.24) is 14.7 Å². The molecule has 3 rings (SSSR count). The zero-order chi connectivity index (χ0) is 18.5. The number of benzene rings is 1. The van der Waals surface area contributed by atoms with Crippen molar-refractivity contribution in [2.24, 2.45) is 5.92 Å². The molecule has 2 aliphatic rings. The van der Waals surface area contributed by atoms with E-state index in [-0.39, 0.29) is 12.0 Å². The van der Waals surface area contributed by atoms with Crippen LogP contribution in [0.15, 0.2) is 24.3 Å². The Kier molecular flexibility index (Phi) is 6.58. The zero-order valence-corrected chi connectivity index (χ0v) is 16.3. The first-order valence-corrected chi connectivity index (χ1v) is 9.91. The van der Waals surface area contributed by atoms with Crippen LogP contribution in [0.25, 0.3) is 0 Å². The number of hydrogen-bond acceptors (Lipinski definition) is 3. The Morgan fingerprint density at radius 2 is 1.85 bits per heavy atom. The van der Waals surface area contributed by atoms with Crippen molar-refractivity contribution in [3.63, 3.8) is 0 Å². The number of hydrogen-bond donors (Lipinski definition) is 0. The van der Waals surface area contributed by atoms with E-state index in [1.807, 2.05) is 18.2 Å². The van der Waals surface area contributed by atoms with E-state index >= 15 is 0 Å². The molecule has 0 saturated carbocycles. The number of halogens is 1. The quantitative estimate of drug-likeness (QED) is 0.759. The Bertz CT molecular complexity index is 655. The number of carbonyl (C=O) groups excluding carboxylic acids is 1. The third-order valence-corrected chi connectivity index (χ3v) is 6.12. The number of likely N-dealkylation sites (tertiary alicyclic amines) is 1. The van der Waals surface area contributed by atoms with E-state index in [1.165, 1.54) is 0 Å². The van der Waals surface area contributed by atoms with E-state index in [2.05, 4.69) is 33.6 Å². The molecular weight excluding hydrogens is 346 g/mol. The minimum atomic E-state index is 0.163. The first-order chi connectivity index (χ1) is 12.6. The maximum atomic E-state index is 12.8. The number of terminal acetylenes is 1. The number of rotatable bonds is 4. The van der Waals surface area contributed by atoms with Gasteiger partial charge in [0, 0.05) is 43.2 Å². The van der Waals surface area contributed by atoms with Gasteiger partial charge in [-0.3, -0.25) is 14.6 Å². The normalized spacial score (nSPS) is 21.3. The standard InChI is InChI=1S/C21H28ClN3O/c1-3-10-23-11-8-18(9-12-23)21(26)25-15-13-24(14-16-25)17(2)19-6-4-5-7-20(19)22/h1,4-7,17-18H,8-16H2,2H3. The molecule has 140 valence electrons. The highest BCUT2D eigenvalue weighted by molar-refractivity contribution is 6.31. The summed E-state index contributed by atoms with van der Waals surface area (Å²) < 4.78 is 0. The summed E-state index contributed by atoms with van der Waals surface area (Å²) in [7, 11) is 0. The summed E-state index contributed by atoms with van der Waals surface area (Å²) >= 11 is 6.35. The molecule has 2 saturated heterocycles. The van der Waals surface area contributed by atoms with Crippen molar-refractivity contribution in [2.45, 2.75) is 25.8 Å². The highest BCUT2D eigenvalue weighted by atomic mass is 35.5. The Balaban J connectivity index is 1.50. The second-order valence-electron chi connectivity index (χ2n) is 7.31. The van der Waals surface area contributed by atoms with Gasteiger partial charge >= 0.3 is 0 Å². The molecule has 0 aromatic heterocycles. The van der Waals surface area contributed by atoms with Gasteiger partial charge in [-0.25, -0.2) is 0 Å². The molecule has 26 heavy (non-hydrogen) atoms. The van der Waals surface area contributed by atoms with Gasteiger partial charge in [0.25, 0.3) is 0 Å². The predicted octanol–water partition coefficient (Wildman–Crippen LogP) is 2.89. The van der Waals surface area contributed by atoms with Crippen LogP contribution in [0.5, 0.6) is 0 Å². The Morgan fingerprint density at radius 3 is 2.46 bits per heavy atom. The van der Waals surface area contributed by atoms with Crippen LogP contribution >= 0.6 is 11.6 Å². The average Bonchev–Trinajstić information content (AvgIpc) is 2.68. The third-order valence-electron chi connectivity index (χ3n) is 5.78. The maximum absolute atomic E-state index is 12.8. The lowest BCUT2D eigenvalue weighted by Gasteiger charge is -2.40. The lowest BCUT2D eigenvalue weighted by atomic mass is 9.95. The number of nitrogens with zero attached hydrogens (tertiary/aromatic N) is 3. The Labute approximate surface area is 162 Å². The molecule has 0 bridgehead atoms. The Hall–Kier alpha value is -1.54. The molecule has 2 fully saturated rings. The van der Waals surface area contributed by atoms with Crippen LogP contribution in [-0.2, 0) is 4.79 Å². The fourth-order valence-corrected chi connectivity index (χ4v) is 4.36. The molecule has 0 radical (unpaired) electrons. The van der Waals surface area contributed by atoms with Crippen molar-refractivity contribution < 1.29 is 4.79 Å². The van der Waals surface area contributed by atoms with E-state index in [0.29, 0.717) is 12.5 Å². The van der Waals surface area contributed by atoms with Crippen molar-refractivity contribution in [3.05, 3.63) is 34.9 Å². The summed E-state index contributed by atoms with van der Waals surface area (Å²) in [4.78, 5) is 19.6. The first kappa shape index (κ1) is 19.2. The van der Waals surface area contributed by atoms with Crippen molar-refractivity contribution in [3.8, 4) is 12.3 Å². The summed E-state index contributed by atoms with van der Waals surface area (Å²) in [6, 6.07) is 8.30. The number of amides is 1. The highest BCUT2D eigenvalue weighted by Crippen LogP contribution is 2.28. The van der Waals surface area contributed by atoms with Crippen LogP contribution < -0.4 is 0 Å². The van der Waals surface area contributed by atoms with E-state index in [1.54, 1.807) is 0 Å². The molecule has 0 aliphatic carbocycles. The minimum absolute atomic E-state index is 0.163. The van der Waals surface area contributed by atoms with Gasteiger partial charge in [-0.2, -0.15) is 0 Å². The van der Waals surface area contributed by atoms with Crippen LogP contribution in [0.3, 0.4) is 0 Å². The summed E-state index contributed by atoms with van der Waals surface area (Å²) in [6.45, 7) is 8.16. The van der Waals surface area contributed by atoms with Gasteiger partial charge < -0.3 is 4.90 Å². The topological polar surface area (TPSA) is 26.8 Å². The second kappa shape index (κ2) is 8.90. The Morgan fingerprint density at radius 1 is 1.19 bits per heavy atom. The predicted molar refractivity (Wildman–Crippen MR) is 106 cm³/mol. The number of carbonyl (C=O) groups is 1. The number of piperazine rings is 1. The monoisotopic (exact) mass is 373 g/mol. The number of piperidine rings is 1. The smallest absolute Gasteiger partial charge is 0.225 e. The largest absolute Gasteiger partial charge is 0.340 e. The van der Waals surface area contributed by atoms with Gasteiger partial charge in [0.05, 0.1) is 6.54 Å². The van der Waals surface area contributed by atoms with E-state index in [4.69, 9.17) is 18.0 Å². The lowest BCUT2D eigenvalue weighted by Crippen LogP contribution is -2.52. The average molecular weight is 374 g/mol. The molecule has 1 unspecified atom stereocenters. The fraction of sp³-hybridized carbons (Fsp3) is 0.571. The molecule has 1 aromatic rings. The van der Waals surface area contributed by atoms with Gasteiger partial charge in [-0.1, -0.05) is 35.7 Å². The van der Waals surface area contributed by atoms with Gasteiger partial charge in [0.1, 0.15) is 0 Å². The van der Waals surface area contributed by atoms with Crippen LogP contribution in [0, 0.1) is 18.3 Å². The SMILES string of the molecule is C#CCN1CCC(C(=O)N2CCN(C(C)c3ccccc3Cl)CC2)CC1. The summed E-state index contributed by atoms with van der Waals surface area (Å²) in [5, 5.41) is 0.817. The fourth-order valence-electron chi connectivity index (χ4n) is 4.07. The van der Waals surface area contributed by atoms with E-state index < -0.39 is 0 Å². The van der Waals surface area contributed by atoms with Crippen LogP contribution in [0.2, 0.25) is 5.02 Å². The van der Waals surface area contributed by atoms with Crippen LogP contribution in [-0.4, -0.2) is 66.4 Å². The summed E-state index contributed by atoms with van der Waals surface area (Å²) in [5.41, 5.74) is 1.16. The van der Waals surface area contributed by atoms with Gasteiger partial charge in [-0.05, 0) is 44.5 Å². The first-order valence-electron chi connectivity index (χ1n) is 9.53. The zero-order valence-electron chi connectivity index (χ0n) is 15.5. The molecule has 1 amide bonds. The van der Waals surface area contributed by atoms with Crippen LogP contribution in [0.4, 0.5) is 0 Å². The van der Waals surface area contributed by atoms with Crippen molar-refractivity contribution >= 4 is 17.5 Å². The third kappa shape index (κ3) is 4.40. The van der Waals surface area contributed by atoms with Crippen LogP contribution in [0.1, 0.15) is 31.4 Å². The van der Waals surface area contributed by atoms with Gasteiger partial charge in [-0.15, -0.1) is 6.42 Å². The molecule has 2 aliphatic heterocycles. The van der Waals surface area contributed by atoms with E-state index in [0.717, 1.165) is 62.7 Å². The molecular formula is C21H28ClN3O. The molecule has 5 heteroatoms. The highest BCUT2D eigenvalue weighted by Gasteiger charge is 2.31.